The van der Waals surface area contributed by atoms with E-state index in [9.17, 15) is 9.59 Å². The van der Waals surface area contributed by atoms with Gasteiger partial charge in [-0.05, 0) is 60.7 Å². The van der Waals surface area contributed by atoms with Crippen molar-refractivity contribution in [1.82, 2.24) is 25.9 Å². The van der Waals surface area contributed by atoms with Gasteiger partial charge in [-0.15, -0.1) is 10.2 Å². The number of aryl methyl sites for hydroxylation is 1. The van der Waals surface area contributed by atoms with Gasteiger partial charge >= 0.3 is 0 Å². The van der Waals surface area contributed by atoms with Crippen LogP contribution in [0.2, 0.25) is 0 Å². The van der Waals surface area contributed by atoms with Crippen LogP contribution < -0.4 is 16.0 Å². The molecule has 3 aromatic carbocycles. The van der Waals surface area contributed by atoms with Gasteiger partial charge in [-0.3, -0.25) is 9.59 Å². The summed E-state index contributed by atoms with van der Waals surface area (Å²) in [6.07, 6.45) is 0.595. The number of H-pyrrole nitrogens is 1. The highest BCUT2D eigenvalue weighted by atomic mass is 16.2. The molecule has 9 nitrogen and oxygen atoms in total. The molecular weight excluding hydrogens is 490 g/mol. The molecule has 0 aliphatic heterocycles. The number of anilines is 1. The molecule has 4 aromatic rings. The molecule has 0 spiro atoms. The van der Waals surface area contributed by atoms with Gasteiger partial charge in [0.05, 0.1) is 6.54 Å². The van der Waals surface area contributed by atoms with Crippen LogP contribution in [0.15, 0.2) is 72.8 Å². The van der Waals surface area contributed by atoms with Crippen LogP contribution in [0.3, 0.4) is 0 Å². The SMILES string of the molecule is CC[C@@H](NC(=O)CC(C)(C)N)C(=O)N(Cc1ccc(-c2ccccc2-c2nn[nH]n2)cc1)c1ccccc1C. The van der Waals surface area contributed by atoms with E-state index in [1.54, 1.807) is 18.7 Å². The number of carbonyl (C=O) groups excluding carboxylic acids is 2. The summed E-state index contributed by atoms with van der Waals surface area (Å²) >= 11 is 0. The second-order valence-corrected chi connectivity index (χ2v) is 10.4. The van der Waals surface area contributed by atoms with Crippen LogP contribution in [0, 0.1) is 6.92 Å². The van der Waals surface area contributed by atoms with Gasteiger partial charge in [-0.2, -0.15) is 5.21 Å². The number of nitrogens with two attached hydrogens (primary N) is 1. The largest absolute Gasteiger partial charge is 0.344 e. The van der Waals surface area contributed by atoms with E-state index in [4.69, 9.17) is 5.73 Å². The second-order valence-electron chi connectivity index (χ2n) is 10.4. The fourth-order valence-corrected chi connectivity index (χ4v) is 4.51. The second kappa shape index (κ2) is 12.0. The summed E-state index contributed by atoms with van der Waals surface area (Å²) in [7, 11) is 0. The Morgan fingerprint density at radius 1 is 1.00 bits per heavy atom. The number of carbonyl (C=O) groups is 2. The predicted octanol–water partition coefficient (Wildman–Crippen LogP) is 4.40. The lowest BCUT2D eigenvalue weighted by Crippen LogP contribution is -2.50. The minimum absolute atomic E-state index is 0.133. The summed E-state index contributed by atoms with van der Waals surface area (Å²) in [4.78, 5) is 28.2. The molecular formula is C30H35N7O2. The summed E-state index contributed by atoms with van der Waals surface area (Å²) in [5, 5.41) is 17.3. The fraction of sp³-hybridized carbons (Fsp3) is 0.300. The Kier molecular flexibility index (Phi) is 8.51. The minimum atomic E-state index is -0.666. The summed E-state index contributed by atoms with van der Waals surface area (Å²) in [6.45, 7) is 7.80. The Labute approximate surface area is 228 Å². The number of benzene rings is 3. The zero-order chi connectivity index (χ0) is 28.0. The lowest BCUT2D eigenvalue weighted by Gasteiger charge is -2.29. The molecule has 4 N–H and O–H groups in total. The first-order chi connectivity index (χ1) is 18.7. The molecule has 39 heavy (non-hydrogen) atoms. The zero-order valence-electron chi connectivity index (χ0n) is 22.8. The molecule has 2 amide bonds. The van der Waals surface area contributed by atoms with Crippen LogP contribution in [0.5, 0.6) is 0 Å². The first-order valence-corrected chi connectivity index (χ1v) is 13.0. The maximum absolute atomic E-state index is 13.9. The predicted molar refractivity (Wildman–Crippen MR) is 153 cm³/mol. The normalized spacial score (nSPS) is 12.1. The van der Waals surface area contributed by atoms with Crippen LogP contribution in [-0.2, 0) is 16.1 Å². The van der Waals surface area contributed by atoms with Gasteiger partial charge in [0.15, 0.2) is 0 Å². The highest BCUT2D eigenvalue weighted by molar-refractivity contribution is 5.99. The molecule has 0 aliphatic rings. The molecule has 202 valence electrons. The van der Waals surface area contributed by atoms with E-state index in [1.165, 1.54) is 0 Å². The number of aromatic nitrogens is 4. The first-order valence-electron chi connectivity index (χ1n) is 13.0. The number of nitrogens with one attached hydrogen (secondary N) is 2. The molecule has 0 saturated carbocycles. The van der Waals surface area contributed by atoms with Crippen molar-refractivity contribution in [3.63, 3.8) is 0 Å². The Hall–Kier alpha value is -4.37. The van der Waals surface area contributed by atoms with E-state index in [0.29, 0.717) is 18.8 Å². The number of tetrazole rings is 1. The molecule has 0 saturated heterocycles. The molecule has 0 fully saturated rings. The number of rotatable bonds is 10. The van der Waals surface area contributed by atoms with Crippen molar-refractivity contribution in [2.45, 2.75) is 58.7 Å². The average Bonchev–Trinajstić information content (AvgIpc) is 3.45. The lowest BCUT2D eigenvalue weighted by atomic mass is 9.98. The van der Waals surface area contributed by atoms with Crippen molar-refractivity contribution < 1.29 is 9.59 Å². The number of hydrogen-bond donors (Lipinski definition) is 3. The van der Waals surface area contributed by atoms with Crippen molar-refractivity contribution >= 4 is 17.5 Å². The minimum Gasteiger partial charge on any atom is -0.344 e. The summed E-state index contributed by atoms with van der Waals surface area (Å²) in [6, 6.07) is 23.0. The number of hydrogen-bond acceptors (Lipinski definition) is 6. The average molecular weight is 526 g/mol. The number of para-hydroxylation sites is 1. The van der Waals surface area contributed by atoms with Gasteiger partial charge in [0.1, 0.15) is 6.04 Å². The van der Waals surface area contributed by atoms with Crippen LogP contribution in [0.4, 0.5) is 5.69 Å². The van der Waals surface area contributed by atoms with Gasteiger partial charge in [-0.1, -0.05) is 73.7 Å². The zero-order valence-corrected chi connectivity index (χ0v) is 22.8. The van der Waals surface area contributed by atoms with Crippen LogP contribution >= 0.6 is 0 Å². The third-order valence-electron chi connectivity index (χ3n) is 6.45. The summed E-state index contributed by atoms with van der Waals surface area (Å²) < 4.78 is 0. The van der Waals surface area contributed by atoms with Crippen molar-refractivity contribution in [2.75, 3.05) is 4.90 Å². The number of amides is 2. The topological polar surface area (TPSA) is 130 Å². The molecule has 4 rings (SSSR count). The van der Waals surface area contributed by atoms with Crippen molar-refractivity contribution in [2.24, 2.45) is 5.73 Å². The number of nitrogens with zero attached hydrogens (tertiary/aromatic N) is 4. The van der Waals surface area contributed by atoms with Crippen LogP contribution in [0.25, 0.3) is 22.5 Å². The Bertz CT molecular complexity index is 1410. The first kappa shape index (κ1) is 27.7. The van der Waals surface area contributed by atoms with Gasteiger partial charge in [-0.25, -0.2) is 0 Å². The fourth-order valence-electron chi connectivity index (χ4n) is 4.51. The van der Waals surface area contributed by atoms with Crippen LogP contribution in [0.1, 0.15) is 44.7 Å². The van der Waals surface area contributed by atoms with E-state index in [-0.39, 0.29) is 18.2 Å². The monoisotopic (exact) mass is 525 g/mol. The highest BCUT2D eigenvalue weighted by Crippen LogP contribution is 2.30. The van der Waals surface area contributed by atoms with Crippen molar-refractivity contribution in [3.8, 4) is 22.5 Å². The molecule has 0 unspecified atom stereocenters. The van der Waals surface area contributed by atoms with Gasteiger partial charge in [0.2, 0.25) is 17.6 Å². The van der Waals surface area contributed by atoms with Gasteiger partial charge in [0, 0.05) is 23.2 Å². The van der Waals surface area contributed by atoms with E-state index in [2.05, 4.69) is 25.9 Å². The van der Waals surface area contributed by atoms with Crippen molar-refractivity contribution in [3.05, 3.63) is 83.9 Å². The van der Waals surface area contributed by atoms with Crippen LogP contribution in [-0.4, -0.2) is 44.0 Å². The van der Waals surface area contributed by atoms with Gasteiger partial charge in [0.25, 0.3) is 0 Å². The Morgan fingerprint density at radius 2 is 1.67 bits per heavy atom. The summed E-state index contributed by atoms with van der Waals surface area (Å²) in [5.74, 6) is 0.121. The smallest absolute Gasteiger partial charge is 0.249 e. The molecule has 0 aliphatic carbocycles. The Balaban J connectivity index is 1.61. The standard InChI is InChI=1S/C30H35N7O2/c1-5-25(32-27(38)18-30(3,4)31)29(39)37(26-13-9-6-10-20(26)2)19-21-14-16-22(17-15-21)23-11-7-8-12-24(23)28-33-35-36-34-28/h6-17,25H,5,18-19,31H2,1-4H3,(H,32,38)(H,33,34,35,36)/t25-/m1/s1. The van der Waals surface area contributed by atoms with Crippen molar-refractivity contribution in [1.29, 1.82) is 0 Å². The highest BCUT2D eigenvalue weighted by Gasteiger charge is 2.28. The third-order valence-corrected chi connectivity index (χ3v) is 6.45. The van der Waals surface area contributed by atoms with E-state index in [0.717, 1.165) is 33.5 Å². The lowest BCUT2D eigenvalue weighted by molar-refractivity contribution is -0.128. The molecule has 0 radical (unpaired) electrons. The maximum atomic E-state index is 13.9. The Morgan fingerprint density at radius 3 is 2.28 bits per heavy atom. The number of aromatic amines is 1. The summed E-state index contributed by atoms with van der Waals surface area (Å²) in [5.41, 5.74) is 10.9. The molecule has 9 heteroatoms. The van der Waals surface area contributed by atoms with E-state index < -0.39 is 11.6 Å². The quantitative estimate of drug-likeness (QED) is 0.281. The molecule has 0 bridgehead atoms. The molecule has 1 heterocycles. The van der Waals surface area contributed by atoms with E-state index >= 15 is 0 Å². The van der Waals surface area contributed by atoms with E-state index in [1.807, 2.05) is 86.6 Å². The molecule has 1 atom stereocenters. The maximum Gasteiger partial charge on any atom is 0.249 e. The van der Waals surface area contributed by atoms with Gasteiger partial charge < -0.3 is 16.0 Å². The third kappa shape index (κ3) is 6.94. The molecule has 1 aromatic heterocycles.